The highest BCUT2D eigenvalue weighted by atomic mass is 16.3. The maximum atomic E-state index is 9.70. The lowest BCUT2D eigenvalue weighted by Crippen LogP contribution is -1.93. The highest BCUT2D eigenvalue weighted by Crippen LogP contribution is 2.38. The third-order valence-corrected chi connectivity index (χ3v) is 8.05. The van der Waals surface area contributed by atoms with Gasteiger partial charge in [0.1, 0.15) is 40.1 Å². The van der Waals surface area contributed by atoms with Crippen molar-refractivity contribution >= 4 is 65.9 Å². The molecule has 0 aliphatic heterocycles. The highest BCUT2D eigenvalue weighted by Gasteiger charge is 2.17. The first-order chi connectivity index (χ1) is 23.2. The van der Waals surface area contributed by atoms with Gasteiger partial charge in [-0.3, -0.25) is 0 Å². The Balaban J connectivity index is 0.000000848. The lowest BCUT2D eigenvalue weighted by Gasteiger charge is -2.04. The van der Waals surface area contributed by atoms with Gasteiger partial charge in [0.25, 0.3) is 0 Å². The van der Waals surface area contributed by atoms with E-state index in [0.29, 0.717) is 11.0 Å². The molecule has 226 valence electrons. The first kappa shape index (κ1) is 29.3. The van der Waals surface area contributed by atoms with Gasteiger partial charge in [-0.1, -0.05) is 70.2 Å². The van der Waals surface area contributed by atoms with Crippen molar-refractivity contribution in [2.45, 2.75) is 27.7 Å². The molecule has 0 saturated carbocycles. The fraction of sp³-hybridized carbons (Fsp3) is 0.100. The number of fused-ring (bicyclic) bond motifs is 9. The van der Waals surface area contributed by atoms with Crippen LogP contribution in [-0.4, -0.2) is 9.97 Å². The number of aromatic nitrogens is 2. The Morgan fingerprint density at radius 2 is 0.915 bits per heavy atom. The molecular formula is C40H28N4O3. The summed E-state index contributed by atoms with van der Waals surface area (Å²) >= 11 is 0. The zero-order valence-electron chi connectivity index (χ0n) is 26.3. The minimum absolute atomic E-state index is 0.0991. The highest BCUT2D eigenvalue weighted by molar-refractivity contribution is 6.10. The molecule has 7 nitrogen and oxygen atoms in total. The summed E-state index contributed by atoms with van der Waals surface area (Å²) in [4.78, 5) is 8.25. The van der Waals surface area contributed by atoms with E-state index in [2.05, 4.69) is 52.4 Å². The van der Waals surface area contributed by atoms with Crippen LogP contribution < -0.4 is 0 Å². The lowest BCUT2D eigenvalue weighted by atomic mass is 9.98. The summed E-state index contributed by atoms with van der Waals surface area (Å²) < 4.78 is 18.1. The molecule has 0 aliphatic carbocycles. The van der Waals surface area contributed by atoms with Gasteiger partial charge in [-0.2, -0.15) is 15.5 Å². The Labute approximate surface area is 269 Å². The molecule has 0 amide bonds. The second kappa shape index (κ2) is 11.8. The van der Waals surface area contributed by atoms with Gasteiger partial charge in [-0.15, -0.1) is 0 Å². The largest absolute Gasteiger partial charge is 0.456 e. The van der Waals surface area contributed by atoms with Crippen molar-refractivity contribution in [1.82, 2.24) is 9.97 Å². The topological polar surface area (TPSA) is 113 Å². The second-order valence-corrected chi connectivity index (χ2v) is 10.4. The molecule has 0 spiro atoms. The fourth-order valence-corrected chi connectivity index (χ4v) is 6.03. The van der Waals surface area contributed by atoms with Crippen LogP contribution in [0, 0.1) is 22.7 Å². The van der Waals surface area contributed by atoms with Crippen LogP contribution >= 0.6 is 0 Å². The van der Waals surface area contributed by atoms with Crippen LogP contribution in [0.2, 0.25) is 0 Å². The molecule has 9 rings (SSSR count). The number of hydrogen-bond donors (Lipinski definition) is 0. The van der Waals surface area contributed by atoms with Crippen molar-refractivity contribution in [3.8, 4) is 34.4 Å². The normalized spacial score (nSPS) is 10.9. The van der Waals surface area contributed by atoms with Crippen LogP contribution in [0.25, 0.3) is 88.2 Å². The Hall–Kier alpha value is -6.44. The molecule has 47 heavy (non-hydrogen) atoms. The molecule has 0 radical (unpaired) electrons. The van der Waals surface area contributed by atoms with Gasteiger partial charge in [0.05, 0.1) is 5.39 Å². The van der Waals surface area contributed by atoms with Crippen LogP contribution in [0.3, 0.4) is 0 Å². The van der Waals surface area contributed by atoms with Gasteiger partial charge < -0.3 is 13.3 Å². The van der Waals surface area contributed by atoms with E-state index in [1.807, 2.05) is 94.4 Å². The van der Waals surface area contributed by atoms with E-state index in [1.165, 1.54) is 0 Å². The van der Waals surface area contributed by atoms with Crippen LogP contribution in [0.1, 0.15) is 39.2 Å². The molecule has 9 aromatic rings. The zero-order valence-corrected chi connectivity index (χ0v) is 26.3. The standard InChI is InChI=1S/C36H16N4O3.2C2H6/c37-17-28-35-27-16-22(8-12-33(27)43-36(35)40-34(18-38)39-28)21-7-11-32-26(15-21)25-14-20(6-10-31(25)42-32)19-5-9-30-24(13-19)23-3-1-2-4-29(23)41-30;2*1-2/h1-16H;2*1-2H3. The quantitative estimate of drug-likeness (QED) is 0.191. The predicted octanol–water partition coefficient (Wildman–Crippen LogP) is 11.3. The van der Waals surface area contributed by atoms with Crippen molar-refractivity contribution in [1.29, 1.82) is 10.5 Å². The number of hydrogen-bond acceptors (Lipinski definition) is 7. The second-order valence-electron chi connectivity index (χ2n) is 10.4. The van der Waals surface area contributed by atoms with E-state index in [-0.39, 0.29) is 17.2 Å². The van der Waals surface area contributed by atoms with E-state index in [9.17, 15) is 10.5 Å². The molecule has 0 bridgehead atoms. The van der Waals surface area contributed by atoms with E-state index >= 15 is 0 Å². The van der Waals surface area contributed by atoms with Crippen LogP contribution in [0.4, 0.5) is 0 Å². The first-order valence-electron chi connectivity index (χ1n) is 15.6. The van der Waals surface area contributed by atoms with Gasteiger partial charge >= 0.3 is 0 Å². The molecule has 0 fully saturated rings. The summed E-state index contributed by atoms with van der Waals surface area (Å²) in [5, 5.41) is 24.4. The lowest BCUT2D eigenvalue weighted by molar-refractivity contribution is 0.651. The molecular weight excluding hydrogens is 584 g/mol. The van der Waals surface area contributed by atoms with Crippen LogP contribution in [0.5, 0.6) is 0 Å². The third-order valence-electron chi connectivity index (χ3n) is 8.05. The maximum Gasteiger partial charge on any atom is 0.236 e. The molecule has 0 unspecified atom stereocenters. The number of rotatable bonds is 2. The van der Waals surface area contributed by atoms with E-state index in [4.69, 9.17) is 13.3 Å². The fourth-order valence-electron chi connectivity index (χ4n) is 6.03. The molecule has 0 atom stereocenters. The van der Waals surface area contributed by atoms with Crippen molar-refractivity contribution < 1.29 is 13.3 Å². The molecule has 4 heterocycles. The summed E-state index contributed by atoms with van der Waals surface area (Å²) in [6, 6.07) is 36.5. The van der Waals surface area contributed by atoms with Crippen LogP contribution in [-0.2, 0) is 0 Å². The van der Waals surface area contributed by atoms with Crippen molar-refractivity contribution in [2.24, 2.45) is 0 Å². The Bertz CT molecular complexity index is 2720. The third kappa shape index (κ3) is 4.74. The number of nitriles is 2. The predicted molar refractivity (Wildman–Crippen MR) is 187 cm³/mol. The molecule has 0 N–H and O–H groups in total. The molecule has 0 saturated heterocycles. The van der Waals surface area contributed by atoms with Crippen molar-refractivity contribution in [2.75, 3.05) is 0 Å². The Kier molecular flexibility index (Phi) is 7.36. The summed E-state index contributed by atoms with van der Waals surface area (Å²) in [7, 11) is 0. The minimum Gasteiger partial charge on any atom is -0.456 e. The first-order valence-corrected chi connectivity index (χ1v) is 15.6. The van der Waals surface area contributed by atoms with Crippen molar-refractivity contribution in [3.05, 3.63) is 109 Å². The van der Waals surface area contributed by atoms with Crippen LogP contribution in [0.15, 0.2) is 110 Å². The van der Waals surface area contributed by atoms with Gasteiger partial charge in [0.2, 0.25) is 11.5 Å². The molecule has 4 aromatic heterocycles. The smallest absolute Gasteiger partial charge is 0.236 e. The van der Waals surface area contributed by atoms with E-state index < -0.39 is 0 Å². The average molecular weight is 613 g/mol. The average Bonchev–Trinajstić information content (AvgIpc) is 3.82. The zero-order chi connectivity index (χ0) is 32.7. The number of furan rings is 3. The molecule has 0 aliphatic rings. The molecule has 5 aromatic carbocycles. The molecule has 7 heteroatoms. The number of nitrogens with zero attached hydrogens (tertiary/aromatic N) is 4. The number of benzene rings is 5. The Morgan fingerprint density at radius 1 is 0.468 bits per heavy atom. The van der Waals surface area contributed by atoms with E-state index in [0.717, 1.165) is 71.5 Å². The summed E-state index contributed by atoms with van der Waals surface area (Å²) in [5.74, 6) is -0.0991. The SMILES string of the molecule is CC.CC.N#Cc1nc(C#N)c2c(n1)oc1ccc(-c3ccc4oc5ccc(-c6ccc7oc8ccccc8c7c6)cc5c4c3)cc12. The van der Waals surface area contributed by atoms with Gasteiger partial charge in [0, 0.05) is 26.9 Å². The van der Waals surface area contributed by atoms with Gasteiger partial charge in [0.15, 0.2) is 5.69 Å². The van der Waals surface area contributed by atoms with Crippen molar-refractivity contribution in [3.63, 3.8) is 0 Å². The minimum atomic E-state index is -0.0991. The maximum absolute atomic E-state index is 9.70. The summed E-state index contributed by atoms with van der Waals surface area (Å²) in [6.07, 6.45) is 0. The van der Waals surface area contributed by atoms with Gasteiger partial charge in [-0.05, 0) is 76.9 Å². The van der Waals surface area contributed by atoms with Gasteiger partial charge in [-0.25, -0.2) is 4.98 Å². The summed E-state index contributed by atoms with van der Waals surface area (Å²) in [5.41, 5.74) is 8.36. The monoisotopic (exact) mass is 612 g/mol. The number of para-hydroxylation sites is 1. The Morgan fingerprint density at radius 3 is 1.43 bits per heavy atom. The van der Waals surface area contributed by atoms with E-state index in [1.54, 1.807) is 0 Å². The summed E-state index contributed by atoms with van der Waals surface area (Å²) in [6.45, 7) is 8.00.